The van der Waals surface area contributed by atoms with Gasteiger partial charge in [0, 0.05) is 24.0 Å². The quantitative estimate of drug-likeness (QED) is 0.573. The first kappa shape index (κ1) is 21.6. The van der Waals surface area contributed by atoms with Gasteiger partial charge in [0.1, 0.15) is 11.8 Å². The minimum Gasteiger partial charge on any atom is -0.472 e. The summed E-state index contributed by atoms with van der Waals surface area (Å²) in [5.41, 5.74) is 2.86. The molecule has 4 heterocycles. The van der Waals surface area contributed by atoms with E-state index in [-0.39, 0.29) is 24.1 Å². The van der Waals surface area contributed by atoms with Crippen molar-refractivity contribution in [2.75, 3.05) is 0 Å². The summed E-state index contributed by atoms with van der Waals surface area (Å²) in [6, 6.07) is 7.82. The molecule has 1 aliphatic carbocycles. The SMILES string of the molecule is Cc1ccc(OC2CC3CC2N(C(=O)c2nc(C)ccc2-n2nccn2)C3CC(C)C)nc1. The highest BCUT2D eigenvalue weighted by Gasteiger charge is 2.54. The van der Waals surface area contributed by atoms with Crippen LogP contribution in [0.3, 0.4) is 0 Å². The molecule has 4 unspecified atom stereocenters. The molecule has 172 valence electrons. The van der Waals surface area contributed by atoms with Crippen molar-refractivity contribution in [3.8, 4) is 11.6 Å². The van der Waals surface area contributed by atoms with Gasteiger partial charge < -0.3 is 9.64 Å². The molecule has 1 amide bonds. The van der Waals surface area contributed by atoms with Crippen LogP contribution in [0.5, 0.6) is 5.88 Å². The zero-order valence-corrected chi connectivity index (χ0v) is 19.5. The number of fused-ring (bicyclic) bond motifs is 2. The van der Waals surface area contributed by atoms with Gasteiger partial charge in [-0.15, -0.1) is 4.80 Å². The van der Waals surface area contributed by atoms with Crippen molar-refractivity contribution < 1.29 is 9.53 Å². The second kappa shape index (κ2) is 8.57. The summed E-state index contributed by atoms with van der Waals surface area (Å²) in [5.74, 6) is 1.43. The van der Waals surface area contributed by atoms with Crippen LogP contribution in [0.15, 0.2) is 42.9 Å². The van der Waals surface area contributed by atoms with Gasteiger partial charge in [-0.1, -0.05) is 19.9 Å². The van der Waals surface area contributed by atoms with Gasteiger partial charge in [-0.05, 0) is 62.6 Å². The van der Waals surface area contributed by atoms with E-state index in [1.165, 1.54) is 4.80 Å². The number of rotatable bonds is 6. The summed E-state index contributed by atoms with van der Waals surface area (Å²) in [4.78, 5) is 26.6. The van der Waals surface area contributed by atoms with Gasteiger partial charge >= 0.3 is 0 Å². The average molecular weight is 447 g/mol. The Morgan fingerprint density at radius 3 is 2.61 bits per heavy atom. The molecule has 4 atom stereocenters. The van der Waals surface area contributed by atoms with Gasteiger partial charge in [0.05, 0.1) is 18.4 Å². The highest BCUT2D eigenvalue weighted by atomic mass is 16.5. The lowest BCUT2D eigenvalue weighted by Gasteiger charge is -2.40. The third kappa shape index (κ3) is 4.10. The normalized spacial score (nSPS) is 24.0. The summed E-state index contributed by atoms with van der Waals surface area (Å²) in [7, 11) is 0. The molecule has 0 N–H and O–H groups in total. The maximum Gasteiger partial charge on any atom is 0.275 e. The number of ether oxygens (including phenoxy) is 1. The van der Waals surface area contributed by atoms with Gasteiger partial charge in [0.15, 0.2) is 5.69 Å². The van der Waals surface area contributed by atoms with Crippen LogP contribution in [0.4, 0.5) is 0 Å². The fourth-order valence-electron chi connectivity index (χ4n) is 5.32. The van der Waals surface area contributed by atoms with E-state index in [1.54, 1.807) is 12.4 Å². The Kier molecular flexibility index (Phi) is 5.60. The number of hydrogen-bond acceptors (Lipinski definition) is 6. The highest BCUT2D eigenvalue weighted by Crippen LogP contribution is 2.46. The van der Waals surface area contributed by atoms with Crippen LogP contribution in [-0.2, 0) is 0 Å². The molecule has 1 saturated heterocycles. The van der Waals surface area contributed by atoms with Crippen LogP contribution in [0.25, 0.3) is 5.69 Å². The zero-order valence-electron chi connectivity index (χ0n) is 19.5. The second-order valence-electron chi connectivity index (χ2n) is 9.68. The van der Waals surface area contributed by atoms with Crippen LogP contribution in [-0.4, -0.2) is 54.0 Å². The molecule has 3 aromatic heterocycles. The Hall–Kier alpha value is -3.29. The monoisotopic (exact) mass is 446 g/mol. The fraction of sp³-hybridized carbons (Fsp3) is 0.480. The smallest absolute Gasteiger partial charge is 0.275 e. The van der Waals surface area contributed by atoms with E-state index in [0.717, 1.165) is 30.5 Å². The minimum absolute atomic E-state index is 0.00454. The molecular weight excluding hydrogens is 416 g/mol. The number of aryl methyl sites for hydroxylation is 2. The van der Waals surface area contributed by atoms with Gasteiger partial charge in [0.2, 0.25) is 5.88 Å². The second-order valence-corrected chi connectivity index (χ2v) is 9.68. The predicted molar refractivity (Wildman–Crippen MR) is 123 cm³/mol. The van der Waals surface area contributed by atoms with Crippen LogP contribution >= 0.6 is 0 Å². The molecule has 3 aromatic rings. The maximum absolute atomic E-state index is 14.1. The fourth-order valence-corrected chi connectivity index (χ4v) is 5.32. The minimum atomic E-state index is -0.0753. The summed E-state index contributed by atoms with van der Waals surface area (Å²) in [6.45, 7) is 8.33. The highest BCUT2D eigenvalue weighted by molar-refractivity contribution is 5.96. The first-order valence-electron chi connectivity index (χ1n) is 11.7. The number of carbonyl (C=O) groups is 1. The number of carbonyl (C=O) groups excluding carboxylic acids is 1. The molecule has 2 bridgehead atoms. The van der Waals surface area contributed by atoms with Gasteiger partial charge in [-0.2, -0.15) is 10.2 Å². The Balaban J connectivity index is 1.48. The lowest BCUT2D eigenvalue weighted by molar-refractivity contribution is 0.0234. The number of likely N-dealkylation sites (tertiary alicyclic amines) is 1. The number of piperidine rings is 1. The topological polar surface area (TPSA) is 86.0 Å². The number of amides is 1. The third-order valence-corrected chi connectivity index (χ3v) is 6.72. The van der Waals surface area contributed by atoms with E-state index in [0.29, 0.717) is 29.1 Å². The molecule has 1 saturated carbocycles. The summed E-state index contributed by atoms with van der Waals surface area (Å²) in [6.07, 6.45) is 7.79. The van der Waals surface area contributed by atoms with E-state index in [2.05, 4.69) is 34.0 Å². The Labute approximate surface area is 194 Å². The summed E-state index contributed by atoms with van der Waals surface area (Å²) in [5, 5.41) is 8.48. The van der Waals surface area contributed by atoms with Crippen molar-refractivity contribution in [1.29, 1.82) is 0 Å². The number of nitrogens with zero attached hydrogens (tertiary/aromatic N) is 6. The van der Waals surface area contributed by atoms with Crippen molar-refractivity contribution in [3.63, 3.8) is 0 Å². The number of pyridine rings is 2. The number of hydrogen-bond donors (Lipinski definition) is 0. The molecule has 2 fully saturated rings. The third-order valence-electron chi connectivity index (χ3n) is 6.72. The van der Waals surface area contributed by atoms with E-state index in [1.807, 2.05) is 49.2 Å². The Morgan fingerprint density at radius 2 is 1.91 bits per heavy atom. The largest absolute Gasteiger partial charge is 0.472 e. The lowest BCUT2D eigenvalue weighted by Crippen LogP contribution is -2.52. The first-order valence-corrected chi connectivity index (χ1v) is 11.7. The summed E-state index contributed by atoms with van der Waals surface area (Å²) < 4.78 is 6.30. The van der Waals surface area contributed by atoms with Crippen molar-refractivity contribution in [2.24, 2.45) is 11.8 Å². The Morgan fingerprint density at radius 1 is 1.12 bits per heavy atom. The van der Waals surface area contributed by atoms with Crippen molar-refractivity contribution >= 4 is 5.91 Å². The van der Waals surface area contributed by atoms with Crippen LogP contribution in [0.2, 0.25) is 0 Å². The molecule has 33 heavy (non-hydrogen) atoms. The molecule has 0 aromatic carbocycles. The van der Waals surface area contributed by atoms with Crippen LogP contribution < -0.4 is 4.74 Å². The molecular formula is C25H30N6O2. The van der Waals surface area contributed by atoms with Gasteiger partial charge in [-0.25, -0.2) is 9.97 Å². The molecule has 0 spiro atoms. The lowest BCUT2D eigenvalue weighted by atomic mass is 9.90. The van der Waals surface area contributed by atoms with E-state index in [4.69, 9.17) is 4.74 Å². The molecule has 1 aliphatic heterocycles. The van der Waals surface area contributed by atoms with Crippen LogP contribution in [0, 0.1) is 25.7 Å². The molecule has 8 heteroatoms. The van der Waals surface area contributed by atoms with Crippen molar-refractivity contribution in [3.05, 3.63) is 59.8 Å². The molecule has 8 nitrogen and oxygen atoms in total. The Bertz CT molecular complexity index is 1130. The van der Waals surface area contributed by atoms with Crippen molar-refractivity contribution in [1.82, 2.24) is 29.9 Å². The molecule has 2 aliphatic rings. The maximum atomic E-state index is 14.1. The predicted octanol–water partition coefficient (Wildman–Crippen LogP) is 3.77. The number of aromatic nitrogens is 5. The average Bonchev–Trinajstić information content (AvgIpc) is 3.52. The molecule has 5 rings (SSSR count). The van der Waals surface area contributed by atoms with Crippen molar-refractivity contribution in [2.45, 2.75) is 65.1 Å². The first-order chi connectivity index (χ1) is 15.9. The van der Waals surface area contributed by atoms with E-state index >= 15 is 0 Å². The zero-order chi connectivity index (χ0) is 23.1. The van der Waals surface area contributed by atoms with Gasteiger partial charge in [-0.3, -0.25) is 4.79 Å². The van der Waals surface area contributed by atoms with Gasteiger partial charge in [0.25, 0.3) is 5.91 Å². The van der Waals surface area contributed by atoms with E-state index < -0.39 is 0 Å². The van der Waals surface area contributed by atoms with E-state index in [9.17, 15) is 4.79 Å². The standard InChI is InChI=1S/C25H30N6O2/c1-15(2)11-20-18-12-21(22(13-18)33-23-8-5-16(3)14-26-23)30(20)25(32)24-19(7-6-17(4)29-24)31-27-9-10-28-31/h5-10,14-15,18,20-22H,11-13H2,1-4H3. The molecule has 0 radical (unpaired) electrons. The van der Waals surface area contributed by atoms with Crippen LogP contribution in [0.1, 0.15) is 54.9 Å². The summed E-state index contributed by atoms with van der Waals surface area (Å²) >= 11 is 0.